The van der Waals surface area contributed by atoms with Crippen LogP contribution in [0.5, 0.6) is 0 Å². The van der Waals surface area contributed by atoms with E-state index in [1.54, 1.807) is 73.6 Å². The fraction of sp³-hybridized carbons (Fsp3) is 0.103. The van der Waals surface area contributed by atoms with Crippen molar-refractivity contribution in [3.63, 3.8) is 0 Å². The van der Waals surface area contributed by atoms with Gasteiger partial charge in [-0.3, -0.25) is 15.0 Å². The molecule has 0 fully saturated rings. The molecule has 0 saturated heterocycles. The molecule has 0 bridgehead atoms. The van der Waals surface area contributed by atoms with Crippen molar-refractivity contribution in [3.05, 3.63) is 200 Å². The Hall–Kier alpha value is -4.30. The van der Waals surface area contributed by atoms with Crippen LogP contribution < -0.4 is 24.6 Å². The molecule has 10 heteroatoms. The molecule has 242 valence electrons. The van der Waals surface area contributed by atoms with Gasteiger partial charge in [-0.2, -0.15) is 11.0 Å². The van der Waals surface area contributed by atoms with E-state index >= 15 is 0 Å². The second-order valence-electron chi connectivity index (χ2n) is 10.4. The van der Waals surface area contributed by atoms with Crippen molar-refractivity contribution in [1.82, 2.24) is 15.0 Å². The maximum Gasteiger partial charge on any atom is 1.00 e. The molecule has 0 saturated carbocycles. The van der Waals surface area contributed by atoms with Crippen molar-refractivity contribution in [2.24, 2.45) is 5.73 Å². The predicted octanol–water partition coefficient (Wildman–Crippen LogP) is 6.92. The van der Waals surface area contributed by atoms with E-state index in [0.29, 0.717) is 27.7 Å². The number of aryl methyl sites for hydroxylation is 1. The van der Waals surface area contributed by atoms with Crippen LogP contribution in [0.25, 0.3) is 5.41 Å². The molecular weight excluding hydrogens is 666 g/mol. The second kappa shape index (κ2) is 23.1. The van der Waals surface area contributed by atoms with Crippen molar-refractivity contribution in [2.75, 3.05) is 0 Å². The van der Waals surface area contributed by atoms with Crippen LogP contribution in [-0.2, 0) is 12.8 Å². The maximum absolute atomic E-state index is 9.94. The third kappa shape index (κ3) is 16.6. The monoisotopic (exact) mass is 698 g/mol. The smallest absolute Gasteiger partial charge is 0.807 e. The normalized spacial score (nSPS) is 10.1. The Morgan fingerprint density at radius 3 is 1.65 bits per heavy atom. The summed E-state index contributed by atoms with van der Waals surface area (Å²) in [4.78, 5) is 11.8. The topological polar surface area (TPSA) is 111 Å². The molecule has 3 aromatic heterocycles. The Morgan fingerprint density at radius 2 is 1.18 bits per heavy atom. The van der Waals surface area contributed by atoms with E-state index in [9.17, 15) is 5.41 Å². The number of halogens is 3. The average Bonchev–Trinajstić information content (AvgIpc) is 3.10. The molecule has 0 aliphatic heterocycles. The Balaban J connectivity index is 0.000000237. The van der Waals surface area contributed by atoms with Crippen molar-refractivity contribution >= 4 is 40.5 Å². The third-order valence-corrected chi connectivity index (χ3v) is 7.27. The van der Waals surface area contributed by atoms with E-state index in [1.165, 1.54) is 11.1 Å². The van der Waals surface area contributed by atoms with Crippen LogP contribution >= 0.6 is 34.8 Å². The number of rotatable bonds is 6. The van der Waals surface area contributed by atoms with E-state index in [-0.39, 0.29) is 24.9 Å². The quantitative estimate of drug-likeness (QED) is 0.150. The molecule has 6 aromatic rings. The van der Waals surface area contributed by atoms with Gasteiger partial charge in [-0.05, 0) is 126 Å². The summed E-state index contributed by atoms with van der Waals surface area (Å²) in [7, 11) is 0. The fourth-order valence-electron chi connectivity index (χ4n) is 4.08. The average molecular weight is 700 g/mol. The van der Waals surface area contributed by atoms with E-state index in [0.717, 1.165) is 28.1 Å². The van der Waals surface area contributed by atoms with Crippen LogP contribution in [0.1, 0.15) is 39.4 Å². The number of pyridine rings is 3. The molecule has 0 aliphatic carbocycles. The minimum atomic E-state index is -0.0268. The molecule has 0 spiro atoms. The van der Waals surface area contributed by atoms with Crippen molar-refractivity contribution in [3.8, 4) is 6.07 Å². The number of hydrogen-bond donors (Lipinski definition) is 1. The Labute approximate surface area is 315 Å². The summed E-state index contributed by atoms with van der Waals surface area (Å²) in [6.07, 6.45) is 11.8. The SMILES string of the molecule is Cc1ccncc1.N#Cc1cccc(Cl)c1.NC(Cc1ccncc1)c1cccc(Cl)c1.[Li+].[N-]=C(Cc1ccncc1)c1cccc(Cl)c1. The number of nitrogens with two attached hydrogens (primary N) is 1. The number of benzene rings is 3. The summed E-state index contributed by atoms with van der Waals surface area (Å²) >= 11 is 17.4. The zero-order chi connectivity index (χ0) is 34.6. The van der Waals surface area contributed by atoms with E-state index in [4.69, 9.17) is 45.8 Å². The summed E-state index contributed by atoms with van der Waals surface area (Å²) in [5.74, 6) is 0. The first-order chi connectivity index (χ1) is 23.2. The first-order valence-corrected chi connectivity index (χ1v) is 16.0. The van der Waals surface area contributed by atoms with Crippen molar-refractivity contribution in [1.29, 1.82) is 5.26 Å². The van der Waals surface area contributed by atoms with Crippen molar-refractivity contribution < 1.29 is 18.9 Å². The predicted molar refractivity (Wildman–Crippen MR) is 198 cm³/mol. The first kappa shape index (κ1) is 40.9. The minimum absolute atomic E-state index is 0. The Morgan fingerprint density at radius 1 is 0.694 bits per heavy atom. The van der Waals surface area contributed by atoms with E-state index in [1.807, 2.05) is 85.8 Å². The fourth-order valence-corrected chi connectivity index (χ4v) is 4.66. The zero-order valence-corrected chi connectivity index (χ0v) is 29.6. The minimum Gasteiger partial charge on any atom is -0.807 e. The van der Waals surface area contributed by atoms with E-state index < -0.39 is 0 Å². The summed E-state index contributed by atoms with van der Waals surface area (Å²) in [6.45, 7) is 2.04. The van der Waals surface area contributed by atoms with Crippen molar-refractivity contribution in [2.45, 2.75) is 25.8 Å². The molecule has 3 aromatic carbocycles. The first-order valence-electron chi connectivity index (χ1n) is 14.9. The van der Waals surface area contributed by atoms with E-state index in [2.05, 4.69) is 15.0 Å². The van der Waals surface area contributed by atoms with Crippen LogP contribution in [0.15, 0.2) is 146 Å². The van der Waals surface area contributed by atoms with Gasteiger partial charge in [0.05, 0.1) is 11.6 Å². The van der Waals surface area contributed by atoms with Gasteiger partial charge in [0.25, 0.3) is 0 Å². The number of nitrogens with zero attached hydrogens (tertiary/aromatic N) is 5. The molecule has 6 rings (SSSR count). The van der Waals surface area contributed by atoms with Crippen LogP contribution in [0.2, 0.25) is 15.1 Å². The van der Waals surface area contributed by atoms with Gasteiger partial charge >= 0.3 is 18.9 Å². The third-order valence-electron chi connectivity index (χ3n) is 6.56. The summed E-state index contributed by atoms with van der Waals surface area (Å²) < 4.78 is 0. The molecule has 6 nitrogen and oxygen atoms in total. The van der Waals surface area contributed by atoms with Crippen LogP contribution in [0.3, 0.4) is 0 Å². The molecule has 1 unspecified atom stereocenters. The number of hydrogen-bond acceptors (Lipinski definition) is 5. The molecule has 0 radical (unpaired) electrons. The molecule has 2 N–H and O–H groups in total. The van der Waals surface area contributed by atoms with Gasteiger partial charge in [0.2, 0.25) is 0 Å². The summed E-state index contributed by atoms with van der Waals surface area (Å²) in [5, 5.41) is 20.2. The van der Waals surface area contributed by atoms with Gasteiger partial charge in [0.1, 0.15) is 0 Å². The second-order valence-corrected chi connectivity index (χ2v) is 11.7. The number of aromatic nitrogens is 3. The van der Waals surface area contributed by atoms with Gasteiger partial charge < -0.3 is 11.1 Å². The van der Waals surface area contributed by atoms with Crippen LogP contribution in [0, 0.1) is 18.3 Å². The maximum atomic E-state index is 9.94. The van der Waals surface area contributed by atoms with Crippen LogP contribution in [0.4, 0.5) is 0 Å². The van der Waals surface area contributed by atoms with Crippen LogP contribution in [-0.4, -0.2) is 20.7 Å². The molecule has 49 heavy (non-hydrogen) atoms. The molecule has 0 amide bonds. The van der Waals surface area contributed by atoms with Gasteiger partial charge in [0, 0.05) is 58.3 Å². The summed E-state index contributed by atoms with van der Waals surface area (Å²) in [6, 6.07) is 35.3. The number of nitriles is 1. The Bertz CT molecular complexity index is 1870. The Kier molecular flexibility index (Phi) is 19.3. The summed E-state index contributed by atoms with van der Waals surface area (Å²) in [5.41, 5.74) is 12.3. The van der Waals surface area contributed by atoms with Gasteiger partial charge in [0.15, 0.2) is 0 Å². The zero-order valence-electron chi connectivity index (χ0n) is 27.3. The molecule has 3 heterocycles. The molecule has 0 aliphatic rings. The molecular formula is C39H34Cl3LiN6. The standard InChI is InChI=1S/C13H13ClN2.C13H10ClN2.C7H4ClN.C6H7N.Li/c2*14-12-3-1-2-11(9-12)13(15)8-10-4-6-16-7-5-10;8-7-3-1-2-6(4-7)5-9;1-6-2-4-7-5-3-6;/h1-7,9,13H,8,15H2;1-7,9H,8H2;1-4H;2-5H,1H3;/q;-1;;;+1. The van der Waals surface area contributed by atoms with Gasteiger partial charge in [-0.15, -0.1) is 0 Å². The van der Waals surface area contributed by atoms with Gasteiger partial charge in [-0.25, -0.2) is 0 Å². The van der Waals surface area contributed by atoms with Gasteiger partial charge in [-0.1, -0.05) is 65.1 Å². The largest absolute Gasteiger partial charge is 1.00 e. The molecule has 1 atom stereocenters.